The lowest BCUT2D eigenvalue weighted by Crippen LogP contribution is -2.41. The van der Waals surface area contributed by atoms with E-state index in [-0.39, 0.29) is 23.8 Å². The number of hydrogen-bond donors (Lipinski definition) is 1. The molecule has 0 saturated carbocycles. The quantitative estimate of drug-likeness (QED) is 0.603. The molecule has 0 heterocycles. The molecule has 0 aliphatic carbocycles. The van der Waals surface area contributed by atoms with Crippen LogP contribution in [0.2, 0.25) is 0 Å². The number of benzene rings is 1. The Kier molecular flexibility index (Phi) is 6.91. The van der Waals surface area contributed by atoms with Gasteiger partial charge in [-0.05, 0) is 17.7 Å². The second-order valence-corrected chi connectivity index (χ2v) is 4.95. The predicted molar refractivity (Wildman–Crippen MR) is 82.4 cm³/mol. The summed E-state index contributed by atoms with van der Waals surface area (Å²) in [6.07, 6.45) is 0.112. The molecule has 130 valence electrons. The molecule has 0 fully saturated rings. The fourth-order valence-electron chi connectivity index (χ4n) is 1.97. The number of rotatable bonds is 6. The molecule has 24 heavy (non-hydrogen) atoms. The van der Waals surface area contributed by atoms with Gasteiger partial charge in [0.2, 0.25) is 5.91 Å². The van der Waals surface area contributed by atoms with Gasteiger partial charge >= 0.3 is 17.9 Å². The van der Waals surface area contributed by atoms with Crippen molar-refractivity contribution in [1.29, 1.82) is 0 Å². The van der Waals surface area contributed by atoms with Gasteiger partial charge < -0.3 is 19.5 Å². The highest BCUT2D eigenvalue weighted by Gasteiger charge is 2.21. The van der Waals surface area contributed by atoms with Crippen LogP contribution in [0.25, 0.3) is 0 Å². The SMILES string of the molecule is COC(=O)[C@@H](Cc1ccc(OC(C)=O)c(OC(C)=O)c1)NC(C)=O. The normalized spacial score (nSPS) is 11.2. The molecule has 1 rings (SSSR count). The third-order valence-electron chi connectivity index (χ3n) is 2.82. The van der Waals surface area contributed by atoms with Gasteiger partial charge in [-0.1, -0.05) is 6.07 Å². The Balaban J connectivity index is 3.09. The van der Waals surface area contributed by atoms with E-state index in [2.05, 4.69) is 10.1 Å². The van der Waals surface area contributed by atoms with E-state index in [0.717, 1.165) is 0 Å². The molecule has 8 nitrogen and oxygen atoms in total. The zero-order valence-electron chi connectivity index (χ0n) is 13.9. The summed E-state index contributed by atoms with van der Waals surface area (Å²) in [4.78, 5) is 45.2. The second kappa shape index (κ2) is 8.66. The molecule has 0 unspecified atom stereocenters. The summed E-state index contributed by atoms with van der Waals surface area (Å²) in [5.41, 5.74) is 0.575. The fourth-order valence-corrected chi connectivity index (χ4v) is 1.97. The summed E-state index contributed by atoms with van der Waals surface area (Å²) >= 11 is 0. The average molecular weight is 337 g/mol. The smallest absolute Gasteiger partial charge is 0.328 e. The number of carbonyl (C=O) groups is 4. The maximum Gasteiger partial charge on any atom is 0.328 e. The minimum Gasteiger partial charge on any atom is -0.467 e. The first-order chi connectivity index (χ1) is 11.2. The first-order valence-corrected chi connectivity index (χ1v) is 7.07. The summed E-state index contributed by atoms with van der Waals surface area (Å²) in [7, 11) is 1.21. The van der Waals surface area contributed by atoms with Crippen molar-refractivity contribution >= 4 is 23.8 Å². The molecule has 0 aliphatic rings. The van der Waals surface area contributed by atoms with Crippen LogP contribution in [0.15, 0.2) is 18.2 Å². The van der Waals surface area contributed by atoms with Crippen LogP contribution in [0.1, 0.15) is 26.3 Å². The lowest BCUT2D eigenvalue weighted by molar-refractivity contribution is -0.144. The van der Waals surface area contributed by atoms with Crippen molar-refractivity contribution < 1.29 is 33.4 Å². The Morgan fingerprint density at radius 2 is 1.58 bits per heavy atom. The van der Waals surface area contributed by atoms with E-state index in [4.69, 9.17) is 9.47 Å². The number of esters is 3. The minimum atomic E-state index is -0.891. The third kappa shape index (κ3) is 6.07. The van der Waals surface area contributed by atoms with Gasteiger partial charge in [-0.3, -0.25) is 14.4 Å². The Labute approximate surface area is 139 Å². The number of hydrogen-bond acceptors (Lipinski definition) is 7. The number of nitrogens with one attached hydrogen (secondary N) is 1. The Morgan fingerprint density at radius 1 is 1.00 bits per heavy atom. The highest BCUT2D eigenvalue weighted by molar-refractivity contribution is 5.83. The van der Waals surface area contributed by atoms with Crippen molar-refractivity contribution in [3.63, 3.8) is 0 Å². The van der Waals surface area contributed by atoms with E-state index in [1.807, 2.05) is 0 Å². The number of ether oxygens (including phenoxy) is 3. The standard InChI is InChI=1S/C16H19NO7/c1-9(18)17-13(16(21)22-4)7-12-5-6-14(23-10(2)19)15(8-12)24-11(3)20/h5-6,8,13H,7H2,1-4H3,(H,17,18)/t13-/m1/s1. The van der Waals surface area contributed by atoms with Gasteiger partial charge in [-0.2, -0.15) is 0 Å². The summed E-state index contributed by atoms with van der Waals surface area (Å²) in [5.74, 6) is -2.03. The van der Waals surface area contributed by atoms with Crippen LogP contribution in [0.5, 0.6) is 11.5 Å². The van der Waals surface area contributed by atoms with Crippen LogP contribution >= 0.6 is 0 Å². The van der Waals surface area contributed by atoms with E-state index >= 15 is 0 Å². The van der Waals surface area contributed by atoms with Gasteiger partial charge in [-0.25, -0.2) is 4.79 Å². The zero-order chi connectivity index (χ0) is 18.3. The van der Waals surface area contributed by atoms with Gasteiger partial charge in [-0.15, -0.1) is 0 Å². The molecule has 1 amide bonds. The highest BCUT2D eigenvalue weighted by Crippen LogP contribution is 2.29. The Morgan fingerprint density at radius 3 is 2.08 bits per heavy atom. The molecule has 8 heteroatoms. The van der Waals surface area contributed by atoms with Crippen LogP contribution in [0.4, 0.5) is 0 Å². The summed E-state index contributed by atoms with van der Waals surface area (Å²) in [6, 6.07) is 3.59. The molecule has 1 aromatic rings. The maximum absolute atomic E-state index is 11.7. The van der Waals surface area contributed by atoms with Gasteiger partial charge in [0.25, 0.3) is 0 Å². The third-order valence-corrected chi connectivity index (χ3v) is 2.82. The second-order valence-electron chi connectivity index (χ2n) is 4.95. The molecule has 0 bridgehead atoms. The number of carbonyl (C=O) groups excluding carboxylic acids is 4. The van der Waals surface area contributed by atoms with E-state index in [1.54, 1.807) is 6.07 Å². The molecule has 0 aliphatic heterocycles. The van der Waals surface area contributed by atoms with E-state index in [0.29, 0.717) is 5.56 Å². The largest absolute Gasteiger partial charge is 0.467 e. The van der Waals surface area contributed by atoms with Crippen molar-refractivity contribution in [2.75, 3.05) is 7.11 Å². The lowest BCUT2D eigenvalue weighted by Gasteiger charge is -2.16. The molecule has 0 radical (unpaired) electrons. The predicted octanol–water partition coefficient (Wildman–Crippen LogP) is 0.757. The summed E-state index contributed by atoms with van der Waals surface area (Å²) < 4.78 is 14.6. The maximum atomic E-state index is 11.7. The Hall–Kier alpha value is -2.90. The van der Waals surface area contributed by atoms with Crippen molar-refractivity contribution in [3.8, 4) is 11.5 Å². The molecule has 0 saturated heterocycles. The summed E-state index contributed by atoms with van der Waals surface area (Å²) in [5, 5.41) is 2.48. The van der Waals surface area contributed by atoms with E-state index < -0.39 is 23.9 Å². The van der Waals surface area contributed by atoms with Crippen LogP contribution in [0, 0.1) is 0 Å². The lowest BCUT2D eigenvalue weighted by atomic mass is 10.1. The van der Waals surface area contributed by atoms with Crippen molar-refractivity contribution in [2.24, 2.45) is 0 Å². The number of amides is 1. The molecular formula is C16H19NO7. The minimum absolute atomic E-state index is 0.0432. The molecule has 1 aromatic carbocycles. The first-order valence-electron chi connectivity index (χ1n) is 7.07. The fraction of sp³-hybridized carbons (Fsp3) is 0.375. The number of methoxy groups -OCH3 is 1. The Bertz CT molecular complexity index is 654. The van der Waals surface area contributed by atoms with Gasteiger partial charge in [0.05, 0.1) is 7.11 Å². The first kappa shape index (κ1) is 19.1. The van der Waals surface area contributed by atoms with Crippen LogP contribution in [-0.4, -0.2) is 37.0 Å². The monoisotopic (exact) mass is 337 g/mol. The highest BCUT2D eigenvalue weighted by atomic mass is 16.6. The summed E-state index contributed by atoms with van der Waals surface area (Å²) in [6.45, 7) is 3.71. The van der Waals surface area contributed by atoms with Gasteiger partial charge in [0, 0.05) is 27.2 Å². The van der Waals surface area contributed by atoms with Gasteiger partial charge in [0.15, 0.2) is 11.5 Å². The average Bonchev–Trinajstić information content (AvgIpc) is 2.47. The molecule has 0 aromatic heterocycles. The van der Waals surface area contributed by atoms with Crippen molar-refractivity contribution in [3.05, 3.63) is 23.8 Å². The van der Waals surface area contributed by atoms with Crippen LogP contribution in [-0.2, 0) is 30.3 Å². The van der Waals surface area contributed by atoms with Crippen molar-refractivity contribution in [2.45, 2.75) is 33.2 Å². The zero-order valence-corrected chi connectivity index (χ0v) is 13.9. The molecular weight excluding hydrogens is 318 g/mol. The molecule has 0 spiro atoms. The molecule has 1 N–H and O–H groups in total. The van der Waals surface area contributed by atoms with Crippen LogP contribution in [0.3, 0.4) is 0 Å². The van der Waals surface area contributed by atoms with Crippen molar-refractivity contribution in [1.82, 2.24) is 5.32 Å². The van der Waals surface area contributed by atoms with Crippen LogP contribution < -0.4 is 14.8 Å². The van der Waals surface area contributed by atoms with E-state index in [1.165, 1.54) is 40.0 Å². The van der Waals surface area contributed by atoms with E-state index in [9.17, 15) is 19.2 Å². The van der Waals surface area contributed by atoms with Gasteiger partial charge in [0.1, 0.15) is 6.04 Å². The topological polar surface area (TPSA) is 108 Å². The molecule has 1 atom stereocenters.